The van der Waals surface area contributed by atoms with Crippen LogP contribution in [0.2, 0.25) is 11.1 Å². The first-order chi connectivity index (χ1) is 12.6. The summed E-state index contributed by atoms with van der Waals surface area (Å²) in [5, 5.41) is 0.609. The molecular weight excluding hydrogens is 364 g/mol. The number of nitrogens with zero attached hydrogens (tertiary/aromatic N) is 2. The van der Waals surface area contributed by atoms with Crippen molar-refractivity contribution in [2.24, 2.45) is 0 Å². The van der Waals surface area contributed by atoms with Gasteiger partial charge in [0.25, 0.3) is 0 Å². The number of fused-ring (bicyclic) bond motifs is 1. The van der Waals surface area contributed by atoms with E-state index < -0.39 is 0 Å². The maximum atomic E-state index is 11.3. The number of carbonyl (C=O) groups is 1. The van der Waals surface area contributed by atoms with Crippen LogP contribution >= 0.6 is 11.6 Å². The van der Waals surface area contributed by atoms with Crippen LogP contribution in [0.25, 0.3) is 11.0 Å². The van der Waals surface area contributed by atoms with Crippen molar-refractivity contribution in [3.8, 4) is 0 Å². The maximum Gasteiger partial charge on any atom is 0.185 e. The molecule has 1 heterocycles. The molecule has 4 nitrogen and oxygen atoms in total. The lowest BCUT2D eigenvalue weighted by Gasteiger charge is -2.08. The molecule has 0 fully saturated rings. The average molecular weight is 387 g/mol. The van der Waals surface area contributed by atoms with Crippen LogP contribution in [-0.4, -0.2) is 32.0 Å². The van der Waals surface area contributed by atoms with Crippen molar-refractivity contribution in [2.45, 2.75) is 32.7 Å². The number of benzene rings is 2. The highest BCUT2D eigenvalue weighted by molar-refractivity contribution is 6.35. The van der Waals surface area contributed by atoms with E-state index in [2.05, 4.69) is 37.0 Å². The highest BCUT2D eigenvalue weighted by Gasteiger charge is 2.10. The van der Waals surface area contributed by atoms with Crippen LogP contribution in [0.1, 0.15) is 27.3 Å². The molecule has 2 aromatic carbocycles. The molecular formula is C20H23ClN2O2Si. The van der Waals surface area contributed by atoms with E-state index in [0.29, 0.717) is 29.7 Å². The van der Waals surface area contributed by atoms with Gasteiger partial charge in [-0.25, -0.2) is 4.98 Å². The fourth-order valence-corrected chi connectivity index (χ4v) is 4.77. The predicted octanol–water partition coefficient (Wildman–Crippen LogP) is 3.88. The molecule has 0 radical (unpaired) electrons. The van der Waals surface area contributed by atoms with E-state index in [4.69, 9.17) is 16.3 Å². The molecule has 3 aromatic rings. The highest BCUT2D eigenvalue weighted by atomic mass is 35.5. The Bertz CT molecular complexity index is 903. The molecule has 6 heteroatoms. The van der Waals surface area contributed by atoms with Crippen LogP contribution in [0.15, 0.2) is 36.4 Å². The van der Waals surface area contributed by atoms with Gasteiger partial charge in [-0.05, 0) is 44.1 Å². The summed E-state index contributed by atoms with van der Waals surface area (Å²) in [6.07, 6.45) is 0.756. The number of imidazole rings is 1. The van der Waals surface area contributed by atoms with Crippen molar-refractivity contribution >= 4 is 38.4 Å². The minimum Gasteiger partial charge on any atom is -0.361 e. The van der Waals surface area contributed by atoms with Crippen molar-refractivity contribution in [2.75, 3.05) is 6.61 Å². The van der Waals surface area contributed by atoms with E-state index in [1.54, 1.807) is 16.7 Å². The van der Waals surface area contributed by atoms with Crippen LogP contribution in [0.4, 0.5) is 0 Å². The standard InChI is InChI=1S/C20H23ClN2O2Si/c1-14-7-15(2)9-16(8-14)12-26-6-5-25-13-23-19-4-3-17(21)10-18(19)22-20(23)11-24/h3-4,7-11H,5-6,12-13,26H2,1-2H3. The number of hydrogen-bond donors (Lipinski definition) is 0. The lowest BCUT2D eigenvalue weighted by atomic mass is 10.1. The van der Waals surface area contributed by atoms with Gasteiger partial charge in [0.15, 0.2) is 12.1 Å². The van der Waals surface area contributed by atoms with Gasteiger partial charge >= 0.3 is 0 Å². The average Bonchev–Trinajstić information content (AvgIpc) is 2.94. The third-order valence-electron chi connectivity index (χ3n) is 4.35. The molecule has 0 aliphatic carbocycles. The molecule has 26 heavy (non-hydrogen) atoms. The van der Waals surface area contributed by atoms with E-state index in [0.717, 1.165) is 17.8 Å². The molecule has 0 atom stereocenters. The zero-order valence-corrected chi connectivity index (χ0v) is 17.3. The number of halogens is 1. The van der Waals surface area contributed by atoms with Gasteiger partial charge in [0, 0.05) is 21.1 Å². The monoisotopic (exact) mass is 386 g/mol. The van der Waals surface area contributed by atoms with Gasteiger partial charge in [0.1, 0.15) is 6.73 Å². The number of ether oxygens (including phenoxy) is 1. The van der Waals surface area contributed by atoms with Crippen LogP contribution < -0.4 is 0 Å². The number of aromatic nitrogens is 2. The van der Waals surface area contributed by atoms with Crippen LogP contribution in [0.5, 0.6) is 0 Å². The van der Waals surface area contributed by atoms with Gasteiger partial charge in [-0.1, -0.05) is 46.5 Å². The molecule has 0 spiro atoms. The lowest BCUT2D eigenvalue weighted by molar-refractivity contribution is 0.0861. The molecule has 0 N–H and O–H groups in total. The molecule has 0 saturated carbocycles. The molecule has 136 valence electrons. The van der Waals surface area contributed by atoms with Gasteiger partial charge in [0.05, 0.1) is 11.0 Å². The van der Waals surface area contributed by atoms with Gasteiger partial charge in [-0.3, -0.25) is 9.36 Å². The fraction of sp³-hybridized carbons (Fsp3) is 0.300. The Morgan fingerprint density at radius 2 is 1.96 bits per heavy atom. The van der Waals surface area contributed by atoms with Crippen molar-refractivity contribution < 1.29 is 9.53 Å². The van der Waals surface area contributed by atoms with Crippen LogP contribution in [0.3, 0.4) is 0 Å². The topological polar surface area (TPSA) is 44.1 Å². The Balaban J connectivity index is 1.51. The van der Waals surface area contributed by atoms with Crippen molar-refractivity contribution in [1.82, 2.24) is 9.55 Å². The Hall–Kier alpha value is -1.95. The smallest absolute Gasteiger partial charge is 0.185 e. The minimum absolute atomic E-state index is 0.204. The quantitative estimate of drug-likeness (QED) is 0.335. The van der Waals surface area contributed by atoms with Crippen molar-refractivity contribution in [1.29, 1.82) is 0 Å². The third kappa shape index (κ3) is 4.61. The molecule has 0 unspecified atom stereocenters. The molecule has 0 amide bonds. The van der Waals surface area contributed by atoms with E-state index in [-0.39, 0.29) is 9.52 Å². The highest BCUT2D eigenvalue weighted by Crippen LogP contribution is 2.20. The Morgan fingerprint density at radius 1 is 1.19 bits per heavy atom. The largest absolute Gasteiger partial charge is 0.361 e. The summed E-state index contributed by atoms with van der Waals surface area (Å²) in [4.78, 5) is 15.6. The van der Waals surface area contributed by atoms with Crippen LogP contribution in [0, 0.1) is 13.8 Å². The molecule has 0 aliphatic rings. The second kappa shape index (κ2) is 8.62. The van der Waals surface area contributed by atoms with Gasteiger partial charge in [0.2, 0.25) is 0 Å². The Morgan fingerprint density at radius 3 is 2.69 bits per heavy atom. The number of aryl methyl sites for hydroxylation is 2. The van der Waals surface area contributed by atoms with Crippen molar-refractivity contribution in [3.63, 3.8) is 0 Å². The van der Waals surface area contributed by atoms with E-state index in [1.165, 1.54) is 22.7 Å². The van der Waals surface area contributed by atoms with Gasteiger partial charge < -0.3 is 4.74 Å². The van der Waals surface area contributed by atoms with Gasteiger partial charge in [-0.15, -0.1) is 0 Å². The predicted molar refractivity (Wildman–Crippen MR) is 109 cm³/mol. The zero-order valence-electron chi connectivity index (χ0n) is 15.2. The first-order valence-corrected chi connectivity index (χ1v) is 11.2. The number of rotatable bonds is 8. The Kier molecular flexibility index (Phi) is 6.24. The number of aldehydes is 1. The summed E-state index contributed by atoms with van der Waals surface area (Å²) in [5.74, 6) is 0.370. The fourth-order valence-electron chi connectivity index (χ4n) is 3.25. The lowest BCUT2D eigenvalue weighted by Crippen LogP contribution is -2.09. The molecule has 0 saturated heterocycles. The zero-order chi connectivity index (χ0) is 18.5. The molecule has 3 rings (SSSR count). The first kappa shape index (κ1) is 18.8. The molecule has 0 aliphatic heterocycles. The maximum absolute atomic E-state index is 11.3. The molecule has 0 bridgehead atoms. The minimum atomic E-state index is -0.204. The second-order valence-corrected chi connectivity index (χ2v) is 8.99. The van der Waals surface area contributed by atoms with E-state index in [9.17, 15) is 4.79 Å². The van der Waals surface area contributed by atoms with Crippen LogP contribution in [-0.2, 0) is 17.5 Å². The third-order valence-corrected chi connectivity index (χ3v) is 6.31. The first-order valence-electron chi connectivity index (χ1n) is 8.83. The van der Waals surface area contributed by atoms with E-state index in [1.807, 2.05) is 6.07 Å². The van der Waals surface area contributed by atoms with Crippen molar-refractivity contribution in [3.05, 3.63) is 63.9 Å². The summed E-state index contributed by atoms with van der Waals surface area (Å²) in [6.45, 7) is 5.34. The summed E-state index contributed by atoms with van der Waals surface area (Å²) < 4.78 is 7.61. The summed E-state index contributed by atoms with van der Waals surface area (Å²) in [7, 11) is -0.204. The van der Waals surface area contributed by atoms with Gasteiger partial charge in [-0.2, -0.15) is 0 Å². The SMILES string of the molecule is Cc1cc(C)cc(C[SiH2]CCOCn2c(C=O)nc3cc(Cl)ccc32)c1. The van der Waals surface area contributed by atoms with E-state index >= 15 is 0 Å². The summed E-state index contributed by atoms with van der Waals surface area (Å²) >= 11 is 5.99. The second-order valence-electron chi connectivity index (χ2n) is 6.64. The number of carbonyl (C=O) groups excluding carboxylic acids is 1. The Labute approximate surface area is 161 Å². The number of hydrogen-bond acceptors (Lipinski definition) is 3. The normalized spacial score (nSPS) is 11.7. The summed E-state index contributed by atoms with van der Waals surface area (Å²) in [6, 6.07) is 14.5. The molecule has 1 aromatic heterocycles. The summed E-state index contributed by atoms with van der Waals surface area (Å²) in [5.41, 5.74) is 5.68.